The Labute approximate surface area is 183 Å². The van der Waals surface area contributed by atoms with Gasteiger partial charge in [0.05, 0.1) is 12.6 Å². The monoisotopic (exact) mass is 425 g/mol. The SMILES string of the molecule is CCCCNC(=O)c1cccc(NC(=O)CNc2ccc(OCC3CCCO3)cc2)c1. The van der Waals surface area contributed by atoms with Crippen LogP contribution in [0.4, 0.5) is 11.4 Å². The molecule has 1 aliphatic heterocycles. The molecule has 7 nitrogen and oxygen atoms in total. The van der Waals surface area contributed by atoms with Gasteiger partial charge in [0.25, 0.3) is 5.91 Å². The van der Waals surface area contributed by atoms with Crippen LogP contribution in [0.5, 0.6) is 5.75 Å². The molecule has 3 rings (SSSR count). The summed E-state index contributed by atoms with van der Waals surface area (Å²) in [6.45, 7) is 4.21. The van der Waals surface area contributed by atoms with Crippen molar-refractivity contribution in [2.45, 2.75) is 38.7 Å². The predicted octanol–water partition coefficient (Wildman–Crippen LogP) is 3.82. The maximum atomic E-state index is 12.3. The molecule has 1 fully saturated rings. The second kappa shape index (κ2) is 12.0. The first-order valence-electron chi connectivity index (χ1n) is 10.9. The van der Waals surface area contributed by atoms with E-state index >= 15 is 0 Å². The van der Waals surface area contributed by atoms with Crippen molar-refractivity contribution < 1.29 is 19.1 Å². The van der Waals surface area contributed by atoms with E-state index in [1.165, 1.54) is 0 Å². The van der Waals surface area contributed by atoms with Gasteiger partial charge in [-0.1, -0.05) is 19.4 Å². The van der Waals surface area contributed by atoms with E-state index in [1.807, 2.05) is 24.3 Å². The molecule has 1 saturated heterocycles. The summed E-state index contributed by atoms with van der Waals surface area (Å²) in [6.07, 6.45) is 4.28. The molecule has 2 aromatic rings. The molecule has 1 aliphatic rings. The number of hydrogen-bond acceptors (Lipinski definition) is 5. The zero-order chi connectivity index (χ0) is 21.9. The van der Waals surface area contributed by atoms with Crippen LogP contribution < -0.4 is 20.7 Å². The largest absolute Gasteiger partial charge is 0.491 e. The Bertz CT molecular complexity index is 848. The molecule has 1 unspecified atom stereocenters. The first-order chi connectivity index (χ1) is 15.1. The van der Waals surface area contributed by atoms with Crippen LogP contribution in [0, 0.1) is 0 Å². The van der Waals surface area contributed by atoms with Gasteiger partial charge in [0.1, 0.15) is 12.4 Å². The van der Waals surface area contributed by atoms with Gasteiger partial charge in [0.2, 0.25) is 5.91 Å². The first kappa shape index (κ1) is 22.6. The molecule has 31 heavy (non-hydrogen) atoms. The van der Waals surface area contributed by atoms with Crippen molar-refractivity contribution in [3.63, 3.8) is 0 Å². The van der Waals surface area contributed by atoms with Gasteiger partial charge in [-0.2, -0.15) is 0 Å². The van der Waals surface area contributed by atoms with E-state index in [0.29, 0.717) is 24.4 Å². The van der Waals surface area contributed by atoms with Crippen LogP contribution in [0.1, 0.15) is 43.0 Å². The van der Waals surface area contributed by atoms with Crippen LogP contribution in [0.2, 0.25) is 0 Å². The Morgan fingerprint density at radius 3 is 2.71 bits per heavy atom. The van der Waals surface area contributed by atoms with Crippen molar-refractivity contribution in [1.82, 2.24) is 5.32 Å². The summed E-state index contributed by atoms with van der Waals surface area (Å²) in [4.78, 5) is 24.4. The quantitative estimate of drug-likeness (QED) is 0.476. The minimum absolute atomic E-state index is 0.114. The van der Waals surface area contributed by atoms with Crippen LogP contribution >= 0.6 is 0 Å². The average Bonchev–Trinajstić information content (AvgIpc) is 3.31. The molecule has 1 heterocycles. The molecule has 0 saturated carbocycles. The topological polar surface area (TPSA) is 88.7 Å². The van der Waals surface area contributed by atoms with Crippen molar-refractivity contribution in [3.8, 4) is 5.75 Å². The van der Waals surface area contributed by atoms with Crippen molar-refractivity contribution >= 4 is 23.2 Å². The fourth-order valence-electron chi connectivity index (χ4n) is 3.24. The molecule has 0 aliphatic carbocycles. The number of unbranched alkanes of at least 4 members (excludes halogenated alkanes) is 1. The van der Waals surface area contributed by atoms with Crippen molar-refractivity contribution in [2.75, 3.05) is 36.9 Å². The van der Waals surface area contributed by atoms with Gasteiger partial charge in [-0.05, 0) is 61.7 Å². The van der Waals surface area contributed by atoms with Gasteiger partial charge in [0, 0.05) is 30.1 Å². The van der Waals surface area contributed by atoms with Gasteiger partial charge >= 0.3 is 0 Å². The average molecular weight is 426 g/mol. The summed E-state index contributed by atoms with van der Waals surface area (Å²) in [7, 11) is 0. The lowest BCUT2D eigenvalue weighted by atomic mass is 10.2. The number of benzene rings is 2. The standard InChI is InChI=1S/C24H31N3O4/c1-2-3-13-25-24(29)18-6-4-7-20(15-18)27-23(28)16-26-19-9-11-21(12-10-19)31-17-22-8-5-14-30-22/h4,6-7,9-12,15,22,26H,2-3,5,8,13-14,16-17H2,1H3,(H,25,29)(H,27,28). The Kier molecular flexibility index (Phi) is 8.72. The zero-order valence-corrected chi connectivity index (χ0v) is 18.0. The number of carbonyl (C=O) groups excluding carboxylic acids is 2. The molecular weight excluding hydrogens is 394 g/mol. The molecule has 3 N–H and O–H groups in total. The van der Waals surface area contributed by atoms with Crippen molar-refractivity contribution in [3.05, 3.63) is 54.1 Å². The normalized spacial score (nSPS) is 15.3. The molecule has 0 spiro atoms. The van der Waals surface area contributed by atoms with Gasteiger partial charge in [-0.15, -0.1) is 0 Å². The highest BCUT2D eigenvalue weighted by molar-refractivity contribution is 5.98. The molecule has 0 radical (unpaired) electrons. The summed E-state index contributed by atoms with van der Waals surface area (Å²) in [5, 5.41) is 8.78. The van der Waals surface area contributed by atoms with Crippen LogP contribution in [0.15, 0.2) is 48.5 Å². The molecule has 2 amide bonds. The molecular formula is C24H31N3O4. The van der Waals surface area contributed by atoms with Gasteiger partial charge in [-0.3, -0.25) is 9.59 Å². The summed E-state index contributed by atoms with van der Waals surface area (Å²) in [5.74, 6) is 0.450. The Morgan fingerprint density at radius 2 is 1.97 bits per heavy atom. The Balaban J connectivity index is 1.42. The molecule has 1 atom stereocenters. The van der Waals surface area contributed by atoms with Crippen molar-refractivity contribution in [2.24, 2.45) is 0 Å². The maximum Gasteiger partial charge on any atom is 0.251 e. The third-order valence-electron chi connectivity index (χ3n) is 4.99. The van der Waals surface area contributed by atoms with Crippen molar-refractivity contribution in [1.29, 1.82) is 0 Å². The van der Waals surface area contributed by atoms with Gasteiger partial charge in [0.15, 0.2) is 0 Å². The molecule has 0 bridgehead atoms. The van der Waals surface area contributed by atoms with Gasteiger partial charge < -0.3 is 25.4 Å². The summed E-state index contributed by atoms with van der Waals surface area (Å²) >= 11 is 0. The summed E-state index contributed by atoms with van der Waals surface area (Å²) < 4.78 is 11.3. The van der Waals surface area contributed by atoms with E-state index in [2.05, 4.69) is 22.9 Å². The zero-order valence-electron chi connectivity index (χ0n) is 18.0. The van der Waals surface area contributed by atoms with Crippen LogP contribution in [0.25, 0.3) is 0 Å². The first-order valence-corrected chi connectivity index (χ1v) is 10.9. The molecule has 7 heteroatoms. The highest BCUT2D eigenvalue weighted by Gasteiger charge is 2.15. The minimum Gasteiger partial charge on any atom is -0.491 e. The molecule has 0 aromatic heterocycles. The number of hydrogen-bond donors (Lipinski definition) is 3. The predicted molar refractivity (Wildman–Crippen MR) is 122 cm³/mol. The lowest BCUT2D eigenvalue weighted by Gasteiger charge is -2.12. The van der Waals surface area contributed by atoms with Crippen LogP contribution in [-0.2, 0) is 9.53 Å². The Hall–Kier alpha value is -3.06. The van der Waals surface area contributed by atoms with Gasteiger partial charge in [-0.25, -0.2) is 0 Å². The summed E-state index contributed by atoms with van der Waals surface area (Å²) in [6, 6.07) is 14.4. The number of ether oxygens (including phenoxy) is 2. The van der Waals surface area contributed by atoms with E-state index < -0.39 is 0 Å². The van der Waals surface area contributed by atoms with Crippen LogP contribution in [-0.4, -0.2) is 44.2 Å². The third-order valence-corrected chi connectivity index (χ3v) is 4.99. The number of carbonyl (C=O) groups is 2. The number of rotatable bonds is 11. The lowest BCUT2D eigenvalue weighted by molar-refractivity contribution is -0.114. The highest BCUT2D eigenvalue weighted by atomic mass is 16.5. The van der Waals surface area contributed by atoms with E-state index in [0.717, 1.165) is 43.7 Å². The smallest absolute Gasteiger partial charge is 0.251 e. The second-order valence-corrected chi connectivity index (χ2v) is 7.56. The Morgan fingerprint density at radius 1 is 1.13 bits per heavy atom. The molecule has 2 aromatic carbocycles. The second-order valence-electron chi connectivity index (χ2n) is 7.56. The summed E-state index contributed by atoms with van der Waals surface area (Å²) in [5.41, 5.74) is 1.94. The third kappa shape index (κ3) is 7.61. The minimum atomic E-state index is -0.192. The van der Waals surface area contributed by atoms with E-state index in [1.54, 1.807) is 24.3 Å². The van der Waals surface area contributed by atoms with E-state index in [9.17, 15) is 9.59 Å². The van der Waals surface area contributed by atoms with E-state index in [-0.39, 0.29) is 24.5 Å². The number of nitrogens with one attached hydrogen (secondary N) is 3. The fraction of sp³-hybridized carbons (Fsp3) is 0.417. The lowest BCUT2D eigenvalue weighted by Crippen LogP contribution is -2.25. The van der Waals surface area contributed by atoms with E-state index in [4.69, 9.17) is 9.47 Å². The molecule has 166 valence electrons. The number of anilines is 2. The van der Waals surface area contributed by atoms with Crippen LogP contribution in [0.3, 0.4) is 0 Å². The highest BCUT2D eigenvalue weighted by Crippen LogP contribution is 2.18. The fourth-order valence-corrected chi connectivity index (χ4v) is 3.24. The maximum absolute atomic E-state index is 12.3. The number of amides is 2.